The minimum absolute atomic E-state index is 0.885. The van der Waals surface area contributed by atoms with Gasteiger partial charge in [0.1, 0.15) is 0 Å². The van der Waals surface area contributed by atoms with Gasteiger partial charge in [0.15, 0.2) is 0 Å². The molecule has 0 aliphatic rings. The van der Waals surface area contributed by atoms with Gasteiger partial charge in [0.25, 0.3) is 0 Å². The van der Waals surface area contributed by atoms with Crippen molar-refractivity contribution in [2.75, 3.05) is 13.1 Å². The molecule has 0 radical (unpaired) electrons. The maximum Gasteiger partial charge on any atom is -0.00489 e. The highest BCUT2D eigenvalue weighted by molar-refractivity contribution is 4.52. The number of nitrogens with one attached hydrogen (secondary N) is 1. The average molecular weight is 241 g/mol. The molecule has 0 fully saturated rings. The third kappa shape index (κ3) is 16.0. The van der Waals surface area contributed by atoms with Gasteiger partial charge in [0, 0.05) is 0 Å². The normalized spacial score (nSPS) is 11.3. The summed E-state index contributed by atoms with van der Waals surface area (Å²) < 4.78 is 0. The van der Waals surface area contributed by atoms with Crippen LogP contribution in [0.1, 0.15) is 85.0 Å². The fraction of sp³-hybridized carbons (Fsp3) is 1.00. The second-order valence-electron chi connectivity index (χ2n) is 5.76. The van der Waals surface area contributed by atoms with Crippen LogP contribution in [0.25, 0.3) is 0 Å². The van der Waals surface area contributed by atoms with E-state index in [2.05, 4.69) is 26.1 Å². The van der Waals surface area contributed by atoms with E-state index in [1.54, 1.807) is 0 Å². The van der Waals surface area contributed by atoms with Crippen molar-refractivity contribution in [1.82, 2.24) is 5.32 Å². The molecule has 0 aliphatic heterocycles. The standard InChI is InChI=1S/C16H35N/c1-4-5-6-8-11-14-17-15-12-9-7-10-13-16(2)3/h16-17H,4-15H2,1-3H3. The van der Waals surface area contributed by atoms with Crippen molar-refractivity contribution in [1.29, 1.82) is 0 Å². The van der Waals surface area contributed by atoms with Gasteiger partial charge in [-0.25, -0.2) is 0 Å². The lowest BCUT2D eigenvalue weighted by molar-refractivity contribution is 0.508. The SMILES string of the molecule is CCCCCCCNCCCCCCC(C)C. The van der Waals surface area contributed by atoms with Crippen molar-refractivity contribution in [3.8, 4) is 0 Å². The fourth-order valence-electron chi connectivity index (χ4n) is 2.13. The van der Waals surface area contributed by atoms with Crippen LogP contribution < -0.4 is 5.32 Å². The Morgan fingerprint density at radius 3 is 1.76 bits per heavy atom. The lowest BCUT2D eigenvalue weighted by Crippen LogP contribution is -2.16. The molecule has 1 heteroatoms. The molecule has 0 spiro atoms. The third-order valence-corrected chi connectivity index (χ3v) is 3.34. The molecule has 1 nitrogen and oxygen atoms in total. The first-order valence-electron chi connectivity index (χ1n) is 7.98. The topological polar surface area (TPSA) is 12.0 Å². The van der Waals surface area contributed by atoms with Crippen molar-refractivity contribution in [3.63, 3.8) is 0 Å². The van der Waals surface area contributed by atoms with Crippen LogP contribution >= 0.6 is 0 Å². The Kier molecular flexibility index (Phi) is 14.0. The summed E-state index contributed by atoms with van der Waals surface area (Å²) >= 11 is 0. The second kappa shape index (κ2) is 14.0. The molecule has 0 rings (SSSR count). The largest absolute Gasteiger partial charge is 0.317 e. The van der Waals surface area contributed by atoms with E-state index in [-0.39, 0.29) is 0 Å². The molecule has 0 aliphatic carbocycles. The number of hydrogen-bond donors (Lipinski definition) is 1. The molecule has 17 heavy (non-hydrogen) atoms. The van der Waals surface area contributed by atoms with Crippen LogP contribution in [0.4, 0.5) is 0 Å². The van der Waals surface area contributed by atoms with E-state index in [0.717, 1.165) is 5.92 Å². The second-order valence-corrected chi connectivity index (χ2v) is 5.76. The smallest absolute Gasteiger partial charge is 0.00489 e. The summed E-state index contributed by atoms with van der Waals surface area (Å²) in [5.41, 5.74) is 0. The summed E-state index contributed by atoms with van der Waals surface area (Å²) in [6, 6.07) is 0. The van der Waals surface area contributed by atoms with Gasteiger partial charge in [-0.05, 0) is 31.8 Å². The highest BCUT2D eigenvalue weighted by Gasteiger charge is 1.94. The van der Waals surface area contributed by atoms with Crippen LogP contribution in [0.5, 0.6) is 0 Å². The molecule has 0 amide bonds. The Morgan fingerprint density at radius 1 is 0.706 bits per heavy atom. The summed E-state index contributed by atoms with van der Waals surface area (Å²) in [6.45, 7) is 9.38. The summed E-state index contributed by atoms with van der Waals surface area (Å²) in [7, 11) is 0. The van der Waals surface area contributed by atoms with Crippen LogP contribution in [-0.2, 0) is 0 Å². The quantitative estimate of drug-likeness (QED) is 0.440. The highest BCUT2D eigenvalue weighted by Crippen LogP contribution is 2.09. The van der Waals surface area contributed by atoms with E-state index in [0.29, 0.717) is 0 Å². The van der Waals surface area contributed by atoms with E-state index >= 15 is 0 Å². The van der Waals surface area contributed by atoms with E-state index in [1.807, 2.05) is 0 Å². The molecule has 0 aromatic heterocycles. The molecular weight excluding hydrogens is 206 g/mol. The molecule has 0 heterocycles. The van der Waals surface area contributed by atoms with Gasteiger partial charge < -0.3 is 5.32 Å². The molecule has 0 bridgehead atoms. The van der Waals surface area contributed by atoms with E-state index in [1.165, 1.54) is 77.3 Å². The Morgan fingerprint density at radius 2 is 1.24 bits per heavy atom. The van der Waals surface area contributed by atoms with Crippen molar-refractivity contribution < 1.29 is 0 Å². The Bertz CT molecular complexity index is 131. The van der Waals surface area contributed by atoms with Crippen molar-refractivity contribution in [2.45, 2.75) is 85.0 Å². The number of unbranched alkanes of at least 4 members (excludes halogenated alkanes) is 7. The van der Waals surface area contributed by atoms with E-state index in [4.69, 9.17) is 0 Å². The van der Waals surface area contributed by atoms with Crippen molar-refractivity contribution >= 4 is 0 Å². The van der Waals surface area contributed by atoms with Crippen LogP contribution in [0.3, 0.4) is 0 Å². The van der Waals surface area contributed by atoms with Crippen molar-refractivity contribution in [2.24, 2.45) is 5.92 Å². The molecule has 0 saturated heterocycles. The van der Waals surface area contributed by atoms with E-state index in [9.17, 15) is 0 Å². The van der Waals surface area contributed by atoms with Gasteiger partial charge in [-0.3, -0.25) is 0 Å². The monoisotopic (exact) mass is 241 g/mol. The first-order chi connectivity index (χ1) is 8.27. The molecule has 104 valence electrons. The Hall–Kier alpha value is -0.0400. The van der Waals surface area contributed by atoms with Gasteiger partial charge in [0.2, 0.25) is 0 Å². The average Bonchev–Trinajstić information content (AvgIpc) is 2.30. The minimum atomic E-state index is 0.885. The summed E-state index contributed by atoms with van der Waals surface area (Å²) in [5, 5.41) is 3.56. The first-order valence-corrected chi connectivity index (χ1v) is 7.98. The zero-order valence-electron chi connectivity index (χ0n) is 12.6. The molecular formula is C16H35N. The third-order valence-electron chi connectivity index (χ3n) is 3.34. The molecule has 1 N–H and O–H groups in total. The Labute approximate surface area is 110 Å². The highest BCUT2D eigenvalue weighted by atomic mass is 14.8. The fourth-order valence-corrected chi connectivity index (χ4v) is 2.13. The molecule has 0 atom stereocenters. The van der Waals surface area contributed by atoms with Crippen LogP contribution in [0.2, 0.25) is 0 Å². The van der Waals surface area contributed by atoms with Crippen LogP contribution in [0, 0.1) is 5.92 Å². The molecule has 0 aromatic rings. The maximum absolute atomic E-state index is 3.56. The molecule has 0 saturated carbocycles. The number of hydrogen-bond acceptors (Lipinski definition) is 1. The molecule has 0 unspecified atom stereocenters. The summed E-state index contributed by atoms with van der Waals surface area (Å²) in [4.78, 5) is 0. The maximum atomic E-state index is 3.56. The zero-order chi connectivity index (χ0) is 12.8. The predicted molar refractivity (Wildman–Crippen MR) is 79.6 cm³/mol. The lowest BCUT2D eigenvalue weighted by Gasteiger charge is -2.06. The lowest BCUT2D eigenvalue weighted by atomic mass is 10.0. The van der Waals surface area contributed by atoms with Gasteiger partial charge in [0.05, 0.1) is 0 Å². The summed E-state index contributed by atoms with van der Waals surface area (Å²) in [6.07, 6.45) is 14.0. The van der Waals surface area contributed by atoms with Crippen LogP contribution in [0.15, 0.2) is 0 Å². The van der Waals surface area contributed by atoms with Crippen molar-refractivity contribution in [3.05, 3.63) is 0 Å². The van der Waals surface area contributed by atoms with Gasteiger partial charge in [-0.2, -0.15) is 0 Å². The summed E-state index contributed by atoms with van der Waals surface area (Å²) in [5.74, 6) is 0.885. The predicted octanol–water partition coefficient (Wildman–Crippen LogP) is 5.15. The zero-order valence-corrected chi connectivity index (χ0v) is 12.6. The Balaban J connectivity index is 2.89. The number of rotatable bonds is 13. The van der Waals surface area contributed by atoms with Gasteiger partial charge in [-0.15, -0.1) is 0 Å². The van der Waals surface area contributed by atoms with E-state index < -0.39 is 0 Å². The van der Waals surface area contributed by atoms with Gasteiger partial charge >= 0.3 is 0 Å². The van der Waals surface area contributed by atoms with Gasteiger partial charge in [-0.1, -0.05) is 72.1 Å². The molecule has 0 aromatic carbocycles. The first kappa shape index (κ1) is 17.0. The minimum Gasteiger partial charge on any atom is -0.317 e. The van der Waals surface area contributed by atoms with Crippen LogP contribution in [-0.4, -0.2) is 13.1 Å².